The van der Waals surface area contributed by atoms with E-state index in [2.05, 4.69) is 14.9 Å². The van der Waals surface area contributed by atoms with Crippen LogP contribution in [0.1, 0.15) is 18.4 Å². The Morgan fingerprint density at radius 3 is 3.00 bits per heavy atom. The number of hydrogen-bond donors (Lipinski definition) is 0. The first-order valence-electron chi connectivity index (χ1n) is 5.71. The van der Waals surface area contributed by atoms with Crippen LogP contribution in [0.5, 0.6) is 0 Å². The van der Waals surface area contributed by atoms with Crippen molar-refractivity contribution in [2.75, 3.05) is 5.75 Å². The van der Waals surface area contributed by atoms with Crippen LogP contribution < -0.4 is 0 Å². The summed E-state index contributed by atoms with van der Waals surface area (Å²) >= 11 is 7.45. The zero-order valence-corrected chi connectivity index (χ0v) is 11.2. The third kappa shape index (κ3) is 2.06. The highest BCUT2D eigenvalue weighted by molar-refractivity contribution is 8.14. The molecule has 1 aromatic rings. The van der Waals surface area contributed by atoms with Crippen molar-refractivity contribution >= 4 is 28.5 Å². The van der Waals surface area contributed by atoms with Crippen LogP contribution in [0, 0.1) is 11.5 Å². The first kappa shape index (κ1) is 11.8. The van der Waals surface area contributed by atoms with Crippen LogP contribution in [-0.4, -0.2) is 26.3 Å². The fourth-order valence-electron chi connectivity index (χ4n) is 2.17. The van der Waals surface area contributed by atoms with Crippen molar-refractivity contribution in [1.29, 1.82) is 5.26 Å². The molecule has 3 rings (SSSR count). The maximum Gasteiger partial charge on any atom is 0.208 e. The monoisotopic (exact) mass is 278 g/mol. The molecule has 1 aliphatic carbocycles. The fraction of sp³-hybridized carbons (Fsp3) is 0.417. The van der Waals surface area contributed by atoms with Crippen LogP contribution >= 0.6 is 23.4 Å². The Labute approximate surface area is 115 Å². The summed E-state index contributed by atoms with van der Waals surface area (Å²) in [7, 11) is 0. The van der Waals surface area contributed by atoms with Gasteiger partial charge in [-0.3, -0.25) is 0 Å². The van der Waals surface area contributed by atoms with Crippen LogP contribution in [0.3, 0.4) is 0 Å². The van der Waals surface area contributed by atoms with Gasteiger partial charge in [-0.25, -0.2) is 4.98 Å². The average Bonchev–Trinajstić information content (AvgIpc) is 3.08. The molecule has 0 bridgehead atoms. The SMILES string of the molecule is N#CN=C1SCC2(CC2)N1Cc1ccc(Cl)nc1. The number of nitriles is 1. The second-order valence-electron chi connectivity index (χ2n) is 4.58. The number of hydrogen-bond acceptors (Lipinski definition) is 4. The number of aliphatic imine (C=N–C) groups is 1. The molecule has 2 fully saturated rings. The molecule has 4 nitrogen and oxygen atoms in total. The number of rotatable bonds is 2. The molecule has 2 heterocycles. The van der Waals surface area contributed by atoms with Crippen molar-refractivity contribution in [2.24, 2.45) is 4.99 Å². The minimum atomic E-state index is 0.236. The van der Waals surface area contributed by atoms with Gasteiger partial charge in [0.05, 0.1) is 5.54 Å². The topological polar surface area (TPSA) is 52.3 Å². The number of thioether (sulfide) groups is 1. The third-order valence-corrected chi connectivity index (χ3v) is 4.85. The highest BCUT2D eigenvalue weighted by atomic mass is 35.5. The van der Waals surface area contributed by atoms with Gasteiger partial charge in [-0.05, 0) is 24.5 Å². The first-order chi connectivity index (χ1) is 8.73. The van der Waals surface area contributed by atoms with Crippen LogP contribution in [0.25, 0.3) is 0 Å². The lowest BCUT2D eigenvalue weighted by Crippen LogP contribution is -2.35. The van der Waals surface area contributed by atoms with Crippen LogP contribution in [0.15, 0.2) is 23.3 Å². The van der Waals surface area contributed by atoms with E-state index in [1.165, 1.54) is 12.8 Å². The molecule has 0 atom stereocenters. The molecule has 92 valence electrons. The number of pyridine rings is 1. The molecule has 0 amide bonds. The Morgan fingerprint density at radius 1 is 1.56 bits per heavy atom. The Morgan fingerprint density at radius 2 is 2.39 bits per heavy atom. The smallest absolute Gasteiger partial charge is 0.208 e. The first-order valence-corrected chi connectivity index (χ1v) is 7.07. The summed E-state index contributed by atoms with van der Waals surface area (Å²) in [6.07, 6.45) is 6.04. The van der Waals surface area contributed by atoms with Crippen LogP contribution in [-0.2, 0) is 6.54 Å². The highest BCUT2D eigenvalue weighted by Crippen LogP contribution is 2.51. The van der Waals surface area contributed by atoms with Crippen LogP contribution in [0.4, 0.5) is 0 Å². The fourth-order valence-corrected chi connectivity index (χ4v) is 3.64. The largest absolute Gasteiger partial charge is 0.340 e. The van der Waals surface area contributed by atoms with Gasteiger partial charge >= 0.3 is 0 Å². The van der Waals surface area contributed by atoms with Crippen molar-refractivity contribution in [3.8, 4) is 6.19 Å². The Hall–Kier alpha value is -1.25. The molecule has 1 aliphatic heterocycles. The summed E-state index contributed by atoms with van der Waals surface area (Å²) in [5.74, 6) is 1.04. The summed E-state index contributed by atoms with van der Waals surface area (Å²) in [5.41, 5.74) is 1.33. The van der Waals surface area contributed by atoms with Gasteiger partial charge in [0.25, 0.3) is 0 Å². The van der Waals surface area contributed by atoms with E-state index in [0.29, 0.717) is 5.15 Å². The molecule has 0 N–H and O–H groups in total. The summed E-state index contributed by atoms with van der Waals surface area (Å²) in [6, 6.07) is 3.76. The van der Waals surface area contributed by atoms with Crippen molar-refractivity contribution in [2.45, 2.75) is 24.9 Å². The van der Waals surface area contributed by atoms with Gasteiger partial charge < -0.3 is 4.90 Å². The molecule has 0 radical (unpaired) electrons. The molecular formula is C12H11ClN4S. The minimum Gasteiger partial charge on any atom is -0.340 e. The van der Waals surface area contributed by atoms with E-state index < -0.39 is 0 Å². The predicted molar refractivity (Wildman–Crippen MR) is 72.3 cm³/mol. The number of nitrogens with zero attached hydrogens (tertiary/aromatic N) is 4. The van der Waals surface area contributed by atoms with E-state index in [9.17, 15) is 0 Å². The van der Waals surface area contributed by atoms with Gasteiger partial charge in [-0.1, -0.05) is 29.4 Å². The maximum absolute atomic E-state index is 8.73. The number of aromatic nitrogens is 1. The molecule has 0 unspecified atom stereocenters. The molecule has 2 aliphatic rings. The minimum absolute atomic E-state index is 0.236. The number of amidine groups is 1. The van der Waals surface area contributed by atoms with E-state index in [1.807, 2.05) is 12.3 Å². The lowest BCUT2D eigenvalue weighted by Gasteiger charge is -2.25. The molecule has 18 heavy (non-hydrogen) atoms. The Kier molecular flexibility index (Phi) is 2.92. The second-order valence-corrected chi connectivity index (χ2v) is 5.91. The van der Waals surface area contributed by atoms with Crippen molar-refractivity contribution < 1.29 is 0 Å². The highest BCUT2D eigenvalue weighted by Gasteiger charge is 2.53. The third-order valence-electron chi connectivity index (χ3n) is 3.38. The average molecular weight is 279 g/mol. The lowest BCUT2D eigenvalue weighted by molar-refractivity contribution is 0.324. The van der Waals surface area contributed by atoms with Gasteiger partial charge in [-0.15, -0.1) is 4.99 Å². The van der Waals surface area contributed by atoms with Gasteiger partial charge in [-0.2, -0.15) is 5.26 Å². The zero-order chi connectivity index (χ0) is 12.6. The van der Waals surface area contributed by atoms with Crippen molar-refractivity contribution in [3.63, 3.8) is 0 Å². The van der Waals surface area contributed by atoms with Gasteiger partial charge in [0.1, 0.15) is 5.15 Å². The molecule has 1 saturated carbocycles. The summed E-state index contributed by atoms with van der Waals surface area (Å²) in [4.78, 5) is 10.2. The predicted octanol–water partition coefficient (Wildman–Crippen LogP) is 2.65. The normalized spacial score (nSPS) is 22.4. The summed E-state index contributed by atoms with van der Waals surface area (Å²) in [6.45, 7) is 0.748. The van der Waals surface area contributed by atoms with Crippen molar-refractivity contribution in [3.05, 3.63) is 29.0 Å². The lowest BCUT2D eigenvalue weighted by atomic mass is 10.2. The summed E-state index contributed by atoms with van der Waals surface area (Å²) < 4.78 is 0. The molecule has 1 saturated heterocycles. The standard InChI is InChI=1S/C12H11ClN4S/c13-10-2-1-9(5-15-10)6-17-11(16-8-14)18-7-12(17)3-4-12/h1-2,5H,3-4,6-7H2. The van der Waals surface area contributed by atoms with E-state index >= 15 is 0 Å². The molecule has 1 spiro atoms. The van der Waals surface area contributed by atoms with Gasteiger partial charge in [0.15, 0.2) is 5.17 Å². The van der Waals surface area contributed by atoms with Crippen LogP contribution in [0.2, 0.25) is 5.15 Å². The van der Waals surface area contributed by atoms with Crippen molar-refractivity contribution in [1.82, 2.24) is 9.88 Å². The summed E-state index contributed by atoms with van der Waals surface area (Å²) in [5, 5.41) is 10.1. The zero-order valence-electron chi connectivity index (χ0n) is 9.64. The molecule has 1 aromatic heterocycles. The molecule has 0 aromatic carbocycles. The van der Waals surface area contributed by atoms with E-state index in [1.54, 1.807) is 24.0 Å². The maximum atomic E-state index is 8.73. The number of halogens is 1. The molecule has 6 heteroatoms. The second kappa shape index (κ2) is 4.45. The Balaban J connectivity index is 1.83. The Bertz CT molecular complexity index is 530. The quantitative estimate of drug-likeness (QED) is 0.616. The van der Waals surface area contributed by atoms with E-state index in [0.717, 1.165) is 23.0 Å². The van der Waals surface area contributed by atoms with E-state index in [-0.39, 0.29) is 5.54 Å². The molecular weight excluding hydrogens is 268 g/mol. The van der Waals surface area contributed by atoms with Gasteiger partial charge in [0, 0.05) is 18.5 Å². The van der Waals surface area contributed by atoms with Gasteiger partial charge in [0.2, 0.25) is 6.19 Å². The van der Waals surface area contributed by atoms with E-state index in [4.69, 9.17) is 16.9 Å².